The normalized spacial score (nSPS) is 16.6. The second kappa shape index (κ2) is 10.7. The van der Waals surface area contributed by atoms with Crippen LogP contribution in [0.25, 0.3) is 0 Å². The van der Waals surface area contributed by atoms with Crippen LogP contribution >= 0.6 is 0 Å². The zero-order chi connectivity index (χ0) is 26.9. The molecule has 4 aromatic rings. The summed E-state index contributed by atoms with van der Waals surface area (Å²) in [5.74, 6) is 0.675. The van der Waals surface area contributed by atoms with E-state index in [4.69, 9.17) is 11.5 Å². The van der Waals surface area contributed by atoms with Crippen molar-refractivity contribution in [2.75, 3.05) is 11.5 Å². The van der Waals surface area contributed by atoms with Crippen molar-refractivity contribution in [3.8, 4) is 0 Å². The molecule has 2 heteroatoms. The minimum absolute atomic E-state index is 0.0933. The van der Waals surface area contributed by atoms with Gasteiger partial charge in [-0.15, -0.1) is 0 Å². The minimum atomic E-state index is 0.0933. The highest BCUT2D eigenvalue weighted by atomic mass is 14.5. The van der Waals surface area contributed by atoms with E-state index in [2.05, 4.69) is 100 Å². The molecule has 38 heavy (non-hydrogen) atoms. The van der Waals surface area contributed by atoms with E-state index in [-0.39, 0.29) is 5.41 Å². The summed E-state index contributed by atoms with van der Waals surface area (Å²) in [5, 5.41) is 0. The van der Waals surface area contributed by atoms with Gasteiger partial charge in [0.25, 0.3) is 0 Å². The van der Waals surface area contributed by atoms with Crippen LogP contribution in [0, 0.1) is 13.8 Å². The van der Waals surface area contributed by atoms with Gasteiger partial charge in [0.1, 0.15) is 0 Å². The Morgan fingerprint density at radius 2 is 0.947 bits per heavy atom. The van der Waals surface area contributed by atoms with Gasteiger partial charge in [-0.3, -0.25) is 0 Å². The van der Waals surface area contributed by atoms with Gasteiger partial charge >= 0.3 is 0 Å². The molecule has 0 heterocycles. The number of hydrogen-bond donors (Lipinski definition) is 2. The monoisotopic (exact) mass is 502 g/mol. The molecule has 2 unspecified atom stereocenters. The van der Waals surface area contributed by atoms with Crippen molar-refractivity contribution in [2.45, 2.75) is 77.0 Å². The predicted molar refractivity (Wildman–Crippen MR) is 163 cm³/mol. The quantitative estimate of drug-likeness (QED) is 0.258. The minimum Gasteiger partial charge on any atom is -0.399 e. The van der Waals surface area contributed by atoms with E-state index in [1.54, 1.807) is 0 Å². The van der Waals surface area contributed by atoms with E-state index in [1.807, 2.05) is 12.1 Å². The topological polar surface area (TPSA) is 52.0 Å². The average Bonchev–Trinajstić information content (AvgIpc) is 2.93. The molecule has 4 N–H and O–H groups in total. The van der Waals surface area contributed by atoms with E-state index in [0.717, 1.165) is 11.4 Å². The largest absolute Gasteiger partial charge is 0.399 e. The number of hydrogen-bond acceptors (Lipinski definition) is 2. The highest BCUT2D eigenvalue weighted by molar-refractivity contribution is 5.50. The first-order valence-electron chi connectivity index (χ1n) is 14.2. The Balaban J connectivity index is 1.44. The number of benzene rings is 4. The third-order valence-corrected chi connectivity index (χ3v) is 9.15. The molecule has 1 aliphatic rings. The van der Waals surface area contributed by atoms with Crippen molar-refractivity contribution in [1.82, 2.24) is 0 Å². The standard InChI is InChI=1S/C36H42N2/c1-24-22-32(37)16-18-34(24)26(3)28-8-12-30(13-9-28)36(20-6-5-7-21-36)31-14-10-29(11-15-31)27(4)35-19-17-33(38)23-25(35)2/h8-19,22-23,26-27H,5-7,20-21,37-38H2,1-4H3. The van der Waals surface area contributed by atoms with Crippen molar-refractivity contribution in [2.24, 2.45) is 0 Å². The summed E-state index contributed by atoms with van der Waals surface area (Å²) in [4.78, 5) is 0. The highest BCUT2D eigenvalue weighted by Crippen LogP contribution is 2.46. The lowest BCUT2D eigenvalue weighted by atomic mass is 9.65. The molecule has 1 fully saturated rings. The second-order valence-corrected chi connectivity index (χ2v) is 11.6. The van der Waals surface area contributed by atoms with Crippen LogP contribution in [0.1, 0.15) is 102 Å². The van der Waals surface area contributed by atoms with Crippen molar-refractivity contribution < 1.29 is 0 Å². The Morgan fingerprint density at radius 1 is 0.553 bits per heavy atom. The van der Waals surface area contributed by atoms with Gasteiger partial charge in [0, 0.05) is 28.6 Å². The summed E-state index contributed by atoms with van der Waals surface area (Å²) in [6.07, 6.45) is 6.33. The molecular weight excluding hydrogens is 460 g/mol. The van der Waals surface area contributed by atoms with Crippen LogP contribution in [-0.4, -0.2) is 0 Å². The maximum Gasteiger partial charge on any atom is 0.0316 e. The first kappa shape index (κ1) is 26.1. The van der Waals surface area contributed by atoms with Gasteiger partial charge in [-0.25, -0.2) is 0 Å². The third kappa shape index (κ3) is 4.97. The summed E-state index contributed by atoms with van der Waals surface area (Å²) in [7, 11) is 0. The van der Waals surface area contributed by atoms with Gasteiger partial charge in [0.2, 0.25) is 0 Å². The molecule has 0 aromatic heterocycles. The molecular formula is C36H42N2. The maximum atomic E-state index is 6.00. The maximum absolute atomic E-state index is 6.00. The lowest BCUT2D eigenvalue weighted by Gasteiger charge is -2.39. The summed E-state index contributed by atoms with van der Waals surface area (Å²) in [6.45, 7) is 8.92. The predicted octanol–water partition coefficient (Wildman–Crippen LogP) is 9.02. The number of nitrogens with two attached hydrogens (primary N) is 2. The molecule has 0 amide bonds. The molecule has 0 saturated heterocycles. The van der Waals surface area contributed by atoms with Crippen molar-refractivity contribution in [3.05, 3.63) is 129 Å². The molecule has 4 aromatic carbocycles. The van der Waals surface area contributed by atoms with Gasteiger partial charge in [-0.1, -0.05) is 93.8 Å². The van der Waals surface area contributed by atoms with E-state index in [1.165, 1.54) is 76.6 Å². The lowest BCUT2D eigenvalue weighted by molar-refractivity contribution is 0.346. The van der Waals surface area contributed by atoms with E-state index >= 15 is 0 Å². The summed E-state index contributed by atoms with van der Waals surface area (Å²) in [6, 6.07) is 31.6. The SMILES string of the molecule is Cc1cc(N)ccc1C(C)c1ccc(C2(c3ccc(C(C)c4ccc(N)cc4C)cc3)CCCCC2)cc1. The first-order valence-corrected chi connectivity index (χ1v) is 14.2. The molecule has 0 bridgehead atoms. The number of anilines is 2. The molecule has 1 aliphatic carbocycles. The van der Waals surface area contributed by atoms with Crippen LogP contribution in [0.5, 0.6) is 0 Å². The fourth-order valence-electron chi connectivity index (χ4n) is 6.81. The lowest BCUT2D eigenvalue weighted by Crippen LogP contribution is -2.30. The van der Waals surface area contributed by atoms with E-state index < -0.39 is 0 Å². The molecule has 196 valence electrons. The Bertz CT molecular complexity index is 1290. The molecule has 1 saturated carbocycles. The summed E-state index contributed by atoms with van der Waals surface area (Å²) < 4.78 is 0. The van der Waals surface area contributed by atoms with Crippen molar-refractivity contribution in [1.29, 1.82) is 0 Å². The van der Waals surface area contributed by atoms with Crippen LogP contribution in [0.15, 0.2) is 84.9 Å². The Kier molecular flexibility index (Phi) is 7.34. The van der Waals surface area contributed by atoms with E-state index in [0.29, 0.717) is 11.8 Å². The highest BCUT2D eigenvalue weighted by Gasteiger charge is 2.35. The second-order valence-electron chi connectivity index (χ2n) is 11.6. The van der Waals surface area contributed by atoms with Gasteiger partial charge < -0.3 is 11.5 Å². The fraction of sp³-hybridized carbons (Fsp3) is 0.333. The van der Waals surface area contributed by atoms with Crippen LogP contribution < -0.4 is 11.5 Å². The first-order chi connectivity index (χ1) is 18.3. The Labute approximate surface area is 229 Å². The molecule has 0 radical (unpaired) electrons. The Morgan fingerprint density at radius 3 is 1.32 bits per heavy atom. The fourth-order valence-corrected chi connectivity index (χ4v) is 6.81. The van der Waals surface area contributed by atoms with Crippen LogP contribution in [0.3, 0.4) is 0 Å². The zero-order valence-corrected chi connectivity index (χ0v) is 23.4. The molecule has 5 rings (SSSR count). The Hall–Kier alpha value is -3.52. The van der Waals surface area contributed by atoms with E-state index in [9.17, 15) is 0 Å². The van der Waals surface area contributed by atoms with Gasteiger partial charge in [0.15, 0.2) is 0 Å². The number of nitrogen functional groups attached to an aromatic ring is 2. The van der Waals surface area contributed by atoms with Crippen LogP contribution in [-0.2, 0) is 5.41 Å². The number of rotatable bonds is 6. The smallest absolute Gasteiger partial charge is 0.0316 e. The average molecular weight is 503 g/mol. The van der Waals surface area contributed by atoms with Gasteiger partial charge in [-0.2, -0.15) is 0 Å². The summed E-state index contributed by atoms with van der Waals surface area (Å²) >= 11 is 0. The molecule has 0 aliphatic heterocycles. The molecule has 2 nitrogen and oxygen atoms in total. The summed E-state index contributed by atoms with van der Waals surface area (Å²) in [5.41, 5.74) is 24.6. The molecule has 0 spiro atoms. The van der Waals surface area contributed by atoms with Gasteiger partial charge in [0.05, 0.1) is 0 Å². The van der Waals surface area contributed by atoms with Crippen LogP contribution in [0.4, 0.5) is 11.4 Å². The number of aryl methyl sites for hydroxylation is 2. The van der Waals surface area contributed by atoms with Crippen LogP contribution in [0.2, 0.25) is 0 Å². The van der Waals surface area contributed by atoms with Crippen molar-refractivity contribution >= 4 is 11.4 Å². The zero-order valence-electron chi connectivity index (χ0n) is 23.4. The third-order valence-electron chi connectivity index (χ3n) is 9.15. The van der Waals surface area contributed by atoms with Crippen molar-refractivity contribution in [3.63, 3.8) is 0 Å². The van der Waals surface area contributed by atoms with Gasteiger partial charge in [-0.05, 0) is 95.5 Å². The molecule has 2 atom stereocenters.